The highest BCUT2D eigenvalue weighted by Crippen LogP contribution is 2.39. The molecule has 6 heteroatoms. The van der Waals surface area contributed by atoms with Crippen molar-refractivity contribution in [2.75, 3.05) is 20.3 Å². The Labute approximate surface area is 239 Å². The lowest BCUT2D eigenvalue weighted by Gasteiger charge is -2.11. The molecule has 0 amide bonds. The summed E-state index contributed by atoms with van der Waals surface area (Å²) in [7, 11) is 1.63. The van der Waals surface area contributed by atoms with Crippen molar-refractivity contribution < 1.29 is 24.1 Å². The largest absolute Gasteiger partial charge is 0.497 e. The Kier molecular flexibility index (Phi) is 7.63. The number of nitrogens with zero attached hydrogens (tertiary/aromatic N) is 1. The fraction of sp³-hybridized carbons (Fsp3) is 0.229. The molecule has 0 atom stereocenters. The summed E-state index contributed by atoms with van der Waals surface area (Å²) in [6.45, 7) is 1.63. The van der Waals surface area contributed by atoms with Gasteiger partial charge in [0.05, 0.1) is 20.3 Å². The van der Waals surface area contributed by atoms with Crippen LogP contribution in [0.1, 0.15) is 34.5 Å². The van der Waals surface area contributed by atoms with E-state index in [2.05, 4.69) is 12.1 Å². The summed E-state index contributed by atoms with van der Waals surface area (Å²) in [4.78, 5) is 12.9. The third-order valence-corrected chi connectivity index (χ3v) is 7.54. The molecule has 1 N–H and O–H groups in total. The van der Waals surface area contributed by atoms with Crippen LogP contribution in [-0.4, -0.2) is 36.0 Å². The number of hydrogen-bond acceptors (Lipinski definition) is 4. The maximum atomic E-state index is 12.9. The van der Waals surface area contributed by atoms with Crippen LogP contribution in [0.25, 0.3) is 22.0 Å². The van der Waals surface area contributed by atoms with Gasteiger partial charge in [-0.05, 0) is 77.9 Å². The van der Waals surface area contributed by atoms with E-state index in [0.717, 1.165) is 46.6 Å². The molecule has 0 aliphatic heterocycles. The number of carbonyl (C=O) groups is 1. The molecule has 0 saturated heterocycles. The molecular formula is C35H33NO5. The lowest BCUT2D eigenvalue weighted by molar-refractivity contribution is 0.0687. The molecule has 1 aliphatic carbocycles. The van der Waals surface area contributed by atoms with E-state index >= 15 is 0 Å². The molecule has 6 nitrogen and oxygen atoms in total. The van der Waals surface area contributed by atoms with Crippen LogP contribution in [0.2, 0.25) is 0 Å². The van der Waals surface area contributed by atoms with E-state index in [0.29, 0.717) is 30.4 Å². The molecule has 0 spiro atoms. The normalized spacial score (nSPS) is 12.8. The Hall–Kier alpha value is -4.71. The second-order valence-electron chi connectivity index (χ2n) is 10.5. The molecule has 4 aromatic carbocycles. The molecule has 1 aromatic heterocycles. The van der Waals surface area contributed by atoms with Crippen molar-refractivity contribution >= 4 is 16.9 Å². The van der Waals surface area contributed by atoms with Gasteiger partial charge in [-0.25, -0.2) is 4.79 Å². The molecule has 1 fully saturated rings. The number of hydrogen-bond donors (Lipinski definition) is 1. The SMILES string of the molecule is COc1cccc(Cn2c(C(=O)O)c(-c3ccc(OCC4CC4)cc3)c3cc(OCCc4ccccc4)ccc32)c1. The Balaban J connectivity index is 1.39. The van der Waals surface area contributed by atoms with Crippen molar-refractivity contribution in [3.05, 3.63) is 114 Å². The molecule has 0 bridgehead atoms. The zero-order chi connectivity index (χ0) is 28.2. The van der Waals surface area contributed by atoms with Gasteiger partial charge < -0.3 is 23.9 Å². The van der Waals surface area contributed by atoms with Crippen LogP contribution in [-0.2, 0) is 13.0 Å². The van der Waals surface area contributed by atoms with Crippen LogP contribution >= 0.6 is 0 Å². The van der Waals surface area contributed by atoms with Gasteiger partial charge in [-0.1, -0.05) is 54.6 Å². The Morgan fingerprint density at radius 1 is 0.829 bits per heavy atom. The molecule has 41 heavy (non-hydrogen) atoms. The number of aromatic nitrogens is 1. The van der Waals surface area contributed by atoms with E-state index in [9.17, 15) is 9.90 Å². The van der Waals surface area contributed by atoms with Gasteiger partial charge in [0.2, 0.25) is 0 Å². The van der Waals surface area contributed by atoms with E-state index in [4.69, 9.17) is 14.2 Å². The fourth-order valence-corrected chi connectivity index (χ4v) is 5.20. The fourth-order valence-electron chi connectivity index (χ4n) is 5.20. The number of rotatable bonds is 12. The molecule has 208 valence electrons. The van der Waals surface area contributed by atoms with Gasteiger partial charge in [0.1, 0.15) is 22.9 Å². The number of benzene rings is 4. The number of fused-ring (bicyclic) bond motifs is 1. The average Bonchev–Trinajstić information content (AvgIpc) is 3.78. The minimum atomic E-state index is -0.986. The minimum Gasteiger partial charge on any atom is -0.497 e. The first-order valence-electron chi connectivity index (χ1n) is 14.0. The van der Waals surface area contributed by atoms with Crippen molar-refractivity contribution in [1.82, 2.24) is 4.57 Å². The van der Waals surface area contributed by atoms with Gasteiger partial charge in [0.25, 0.3) is 0 Å². The molecule has 1 saturated carbocycles. The summed E-state index contributed by atoms with van der Waals surface area (Å²) in [5.74, 6) is 1.90. The zero-order valence-electron chi connectivity index (χ0n) is 23.1. The number of methoxy groups -OCH3 is 1. The van der Waals surface area contributed by atoms with Crippen LogP contribution in [0.15, 0.2) is 97.1 Å². The first kappa shape index (κ1) is 26.5. The van der Waals surface area contributed by atoms with E-state index < -0.39 is 5.97 Å². The van der Waals surface area contributed by atoms with E-state index in [-0.39, 0.29) is 5.69 Å². The van der Waals surface area contributed by atoms with E-state index in [1.165, 1.54) is 18.4 Å². The predicted molar refractivity (Wildman–Crippen MR) is 160 cm³/mol. The summed E-state index contributed by atoms with van der Waals surface area (Å²) < 4.78 is 19.4. The smallest absolute Gasteiger partial charge is 0.353 e. The standard InChI is InChI=1S/C35H33NO5/c1-39-29-9-5-8-26(20-29)22-36-32-17-16-30(40-19-18-24-6-3-2-4-7-24)21-31(32)33(34(36)35(37)38)27-12-14-28(15-13-27)41-23-25-10-11-25/h2-9,12-17,20-21,25H,10-11,18-19,22-23H2,1H3,(H,37,38). The van der Waals surface area contributed by atoms with Crippen LogP contribution in [0.5, 0.6) is 17.2 Å². The van der Waals surface area contributed by atoms with Gasteiger partial charge in [0.15, 0.2) is 0 Å². The molecule has 0 radical (unpaired) electrons. The number of carboxylic acids is 1. The van der Waals surface area contributed by atoms with Crippen molar-refractivity contribution in [2.45, 2.75) is 25.8 Å². The average molecular weight is 548 g/mol. The Morgan fingerprint density at radius 3 is 2.32 bits per heavy atom. The second kappa shape index (κ2) is 11.8. The van der Waals surface area contributed by atoms with Crippen molar-refractivity contribution in [1.29, 1.82) is 0 Å². The van der Waals surface area contributed by atoms with Crippen molar-refractivity contribution in [3.8, 4) is 28.4 Å². The van der Waals surface area contributed by atoms with Crippen molar-refractivity contribution in [2.24, 2.45) is 5.92 Å². The molecule has 5 aromatic rings. The molecular weight excluding hydrogens is 514 g/mol. The van der Waals surface area contributed by atoms with Gasteiger partial charge in [-0.2, -0.15) is 0 Å². The summed E-state index contributed by atoms with van der Waals surface area (Å²) in [5.41, 5.74) is 4.69. The Bertz CT molecular complexity index is 1650. The van der Waals surface area contributed by atoms with Crippen molar-refractivity contribution in [3.63, 3.8) is 0 Å². The maximum Gasteiger partial charge on any atom is 0.353 e. The quantitative estimate of drug-likeness (QED) is 0.175. The second-order valence-corrected chi connectivity index (χ2v) is 10.5. The number of carboxylic acid groups (broad SMARTS) is 1. The molecule has 6 rings (SSSR count). The van der Waals surface area contributed by atoms with Gasteiger partial charge in [-0.15, -0.1) is 0 Å². The first-order chi connectivity index (χ1) is 20.1. The minimum absolute atomic E-state index is 0.232. The van der Waals surface area contributed by atoms with E-state index in [1.54, 1.807) is 7.11 Å². The Morgan fingerprint density at radius 2 is 1.59 bits per heavy atom. The molecule has 1 heterocycles. The molecule has 1 aliphatic rings. The monoisotopic (exact) mass is 547 g/mol. The number of ether oxygens (including phenoxy) is 3. The maximum absolute atomic E-state index is 12.9. The number of aromatic carboxylic acids is 1. The third kappa shape index (κ3) is 6.07. The topological polar surface area (TPSA) is 69.9 Å². The van der Waals surface area contributed by atoms with Crippen LogP contribution in [0.3, 0.4) is 0 Å². The summed E-state index contributed by atoms with van der Waals surface area (Å²) >= 11 is 0. The summed E-state index contributed by atoms with van der Waals surface area (Å²) in [6.07, 6.45) is 3.23. The van der Waals surface area contributed by atoms with Gasteiger partial charge in [0, 0.05) is 29.4 Å². The van der Waals surface area contributed by atoms with Gasteiger partial charge >= 0.3 is 5.97 Å². The summed E-state index contributed by atoms with van der Waals surface area (Å²) in [5, 5.41) is 11.4. The summed E-state index contributed by atoms with van der Waals surface area (Å²) in [6, 6.07) is 31.5. The lowest BCUT2D eigenvalue weighted by Crippen LogP contribution is -2.10. The molecule has 0 unspecified atom stereocenters. The third-order valence-electron chi connectivity index (χ3n) is 7.54. The first-order valence-corrected chi connectivity index (χ1v) is 14.0. The predicted octanol–water partition coefficient (Wildman–Crippen LogP) is 7.47. The van der Waals surface area contributed by atoms with Crippen LogP contribution < -0.4 is 14.2 Å². The van der Waals surface area contributed by atoms with Gasteiger partial charge in [-0.3, -0.25) is 0 Å². The highest BCUT2D eigenvalue weighted by Gasteiger charge is 2.25. The lowest BCUT2D eigenvalue weighted by atomic mass is 10.0. The highest BCUT2D eigenvalue weighted by atomic mass is 16.5. The van der Waals surface area contributed by atoms with E-state index in [1.807, 2.05) is 89.5 Å². The highest BCUT2D eigenvalue weighted by molar-refractivity contribution is 6.08. The zero-order valence-corrected chi connectivity index (χ0v) is 23.1. The van der Waals surface area contributed by atoms with Crippen LogP contribution in [0, 0.1) is 5.92 Å². The van der Waals surface area contributed by atoms with Crippen LogP contribution in [0.4, 0.5) is 0 Å².